The molecule has 214 valence electrons. The molecule has 46 heavy (non-hydrogen) atoms. The van der Waals surface area contributed by atoms with Gasteiger partial charge in [-0.05, 0) is 78.8 Å². The quantitative estimate of drug-likeness (QED) is 0.185. The molecule has 0 radical (unpaired) electrons. The number of hydrogen-bond donors (Lipinski definition) is 0. The van der Waals surface area contributed by atoms with Crippen LogP contribution in [0.1, 0.15) is 38.5 Å². The van der Waals surface area contributed by atoms with Gasteiger partial charge in [0.25, 0.3) is 0 Å². The Balaban J connectivity index is 1.51. The fourth-order valence-corrected chi connectivity index (χ4v) is 6.65. The molecule has 11 aromatic rings. The van der Waals surface area contributed by atoms with Crippen LogP contribution < -0.4 is 0 Å². The average Bonchev–Trinajstić information content (AvgIpc) is 3.96. The smallest absolute Gasteiger partial charge is 0.0652 e. The second kappa shape index (κ2) is 8.56. The summed E-state index contributed by atoms with van der Waals surface area (Å²) in [6.45, 7) is 1.34. The summed E-state index contributed by atoms with van der Waals surface area (Å²) in [4.78, 5) is 0. The fourth-order valence-electron chi connectivity index (χ4n) is 6.65. The molecule has 0 fully saturated rings. The molecule has 3 heteroatoms. The zero-order chi connectivity index (χ0) is 51.0. The number of fused-ring (bicyclic) bond motifs is 8. The maximum Gasteiger partial charge on any atom is 0.0652 e. The highest BCUT2D eigenvalue weighted by Gasteiger charge is 2.22. The molecule has 0 saturated heterocycles. The minimum Gasteiger partial charge on any atom is -0.309 e. The highest BCUT2D eigenvalue weighted by molar-refractivity contribution is 6.31. The van der Waals surface area contributed by atoms with E-state index in [0.717, 1.165) is 13.5 Å². The summed E-state index contributed by atoms with van der Waals surface area (Å²) in [5.41, 5.74) is -4.43. The monoisotopic (exact) mass is 609 g/mol. The zero-order valence-corrected chi connectivity index (χ0v) is 23.3. The van der Waals surface area contributed by atoms with Crippen LogP contribution in [0, 0.1) is 6.92 Å². The van der Waals surface area contributed by atoms with Crippen molar-refractivity contribution in [3.05, 3.63) is 151 Å². The molecule has 7 aromatic carbocycles. The third-order valence-corrected chi connectivity index (χ3v) is 8.40. The van der Waals surface area contributed by atoms with E-state index in [-0.39, 0.29) is 48.9 Å². The van der Waals surface area contributed by atoms with E-state index < -0.39 is 195 Å². The molecule has 0 saturated carbocycles. The molecular formula is C43H27N3. The van der Waals surface area contributed by atoms with Crippen LogP contribution in [0.4, 0.5) is 0 Å². The second-order valence-corrected chi connectivity index (χ2v) is 10.8. The molecular weight excluding hydrogens is 558 g/mol. The highest BCUT2D eigenvalue weighted by Crippen LogP contribution is 2.44. The van der Waals surface area contributed by atoms with E-state index in [1.54, 1.807) is 0 Å². The van der Waals surface area contributed by atoms with Crippen LogP contribution in [-0.4, -0.2) is 13.5 Å². The van der Waals surface area contributed by atoms with Gasteiger partial charge in [0, 0.05) is 49.1 Å². The third-order valence-electron chi connectivity index (χ3n) is 8.40. The van der Waals surface area contributed by atoms with E-state index in [2.05, 4.69) is 0 Å². The van der Waals surface area contributed by atoms with Crippen molar-refractivity contribution < 1.29 is 32.9 Å². The third kappa shape index (κ3) is 2.93. The Bertz CT molecular complexity index is 4380. The molecule has 0 unspecified atom stereocenters. The number of rotatable bonds is 2. The van der Waals surface area contributed by atoms with Crippen molar-refractivity contribution in [1.82, 2.24) is 13.5 Å². The van der Waals surface area contributed by atoms with Crippen molar-refractivity contribution in [2.24, 2.45) is 0 Å². The molecule has 0 spiro atoms. The molecule has 0 aliphatic heterocycles. The van der Waals surface area contributed by atoms with Crippen molar-refractivity contribution in [2.75, 3.05) is 0 Å². The lowest BCUT2D eigenvalue weighted by atomic mass is 10.0. The van der Waals surface area contributed by atoms with Gasteiger partial charge < -0.3 is 13.5 Å². The molecule has 4 aromatic heterocycles. The molecule has 0 atom stereocenters. The molecule has 3 nitrogen and oxygen atoms in total. The minimum absolute atomic E-state index is 0.100. The normalized spacial score (nSPS) is 19.8. The number of nitrogens with zero attached hydrogens (tertiary/aromatic N) is 3. The van der Waals surface area contributed by atoms with E-state index in [9.17, 15) is 17.8 Å². The van der Waals surface area contributed by atoms with Gasteiger partial charge in [0.1, 0.15) is 0 Å². The first-order valence-electron chi connectivity index (χ1n) is 26.0. The standard InChI is InChI=1S/C43H27N3/c1-26-20-22-36-33(24-26)34-25-28(21-23-37(34)44(36)27-10-3-2-4-11-27)45-38-17-8-13-30-32-15-7-14-31-29-12-5-6-16-35(29)46(43(31)32)40-19-9-18-39(45)42(40)41(30)38/h2-25H,1H3/i2D,3D,4D,5D,6D,7D,8D,9D,10D,11D,12D,13D,14D,15D,16D,17D,18D,19D,20D,21D,22D,23D,24D,25D. The maximum atomic E-state index is 10.1. The summed E-state index contributed by atoms with van der Waals surface area (Å²) in [6.07, 6.45) is 0. The fraction of sp³-hybridized carbons (Fsp3) is 0.0233. The van der Waals surface area contributed by atoms with Gasteiger partial charge in [-0.15, -0.1) is 0 Å². The first-order chi connectivity index (χ1) is 32.8. The van der Waals surface area contributed by atoms with Crippen molar-refractivity contribution in [3.63, 3.8) is 0 Å². The predicted octanol–water partition coefficient (Wildman–Crippen LogP) is 11.3. The van der Waals surface area contributed by atoms with E-state index in [1.165, 1.54) is 6.92 Å². The van der Waals surface area contributed by atoms with Crippen LogP contribution in [0.3, 0.4) is 0 Å². The zero-order valence-electron chi connectivity index (χ0n) is 47.3. The van der Waals surface area contributed by atoms with Crippen LogP contribution >= 0.6 is 0 Å². The Hall–Kier alpha value is -6.06. The van der Waals surface area contributed by atoms with E-state index in [4.69, 9.17) is 15.1 Å². The van der Waals surface area contributed by atoms with Gasteiger partial charge in [-0.3, -0.25) is 0 Å². The largest absolute Gasteiger partial charge is 0.309 e. The van der Waals surface area contributed by atoms with Crippen LogP contribution in [0.15, 0.2) is 145 Å². The van der Waals surface area contributed by atoms with Crippen molar-refractivity contribution in [3.8, 4) is 11.4 Å². The molecule has 11 rings (SSSR count). The number of aromatic nitrogens is 3. The van der Waals surface area contributed by atoms with Gasteiger partial charge in [-0.1, -0.05) is 84.1 Å². The van der Waals surface area contributed by atoms with Crippen LogP contribution in [-0.2, 0) is 0 Å². The van der Waals surface area contributed by atoms with E-state index in [0.29, 0.717) is 0 Å². The first kappa shape index (κ1) is 11.1. The van der Waals surface area contributed by atoms with Gasteiger partial charge in [0.05, 0.1) is 71.5 Å². The SMILES string of the molecule is [2H]c1c([2H])c([2H])c(-n2c3c([2H])c([2H])c(C)c([2H])c3c3c([2H])c(-n4c5c([2H])c([2H])c([2H])c6c7c([2H])c([2H])c([2H])c8c9c([2H])c([2H])c([2H])c([2H])c9n(c9c([2H])c([2H])c([2H])c4c9c65)c78)c([2H])c([2H])c32)c([2H])c1[2H]. The summed E-state index contributed by atoms with van der Waals surface area (Å²) < 4.78 is 222. The van der Waals surface area contributed by atoms with Crippen LogP contribution in [0.25, 0.3) is 93.1 Å². The summed E-state index contributed by atoms with van der Waals surface area (Å²) >= 11 is 0. The van der Waals surface area contributed by atoms with Crippen molar-refractivity contribution in [1.29, 1.82) is 0 Å². The van der Waals surface area contributed by atoms with Gasteiger partial charge in [0.2, 0.25) is 0 Å². The highest BCUT2D eigenvalue weighted by atomic mass is 15.0. The predicted molar refractivity (Wildman–Crippen MR) is 195 cm³/mol. The first-order valence-corrected chi connectivity index (χ1v) is 14.0. The number of para-hydroxylation sites is 3. The minimum atomic E-state index is -0.924. The van der Waals surface area contributed by atoms with Gasteiger partial charge >= 0.3 is 0 Å². The summed E-state index contributed by atoms with van der Waals surface area (Å²) in [5.74, 6) is 0. The summed E-state index contributed by atoms with van der Waals surface area (Å²) in [5, 5.41) is -2.77. The van der Waals surface area contributed by atoms with E-state index in [1.807, 2.05) is 0 Å². The van der Waals surface area contributed by atoms with Crippen LogP contribution in [0.5, 0.6) is 0 Å². The molecule has 0 N–H and O–H groups in total. The summed E-state index contributed by atoms with van der Waals surface area (Å²) in [7, 11) is 0. The average molecular weight is 610 g/mol. The lowest BCUT2D eigenvalue weighted by molar-refractivity contribution is 1.16. The maximum absolute atomic E-state index is 10.1. The molecule has 4 heterocycles. The Morgan fingerprint density at radius 3 is 1.85 bits per heavy atom. The Kier molecular flexibility index (Phi) is 2.06. The molecule has 0 aliphatic carbocycles. The Morgan fingerprint density at radius 2 is 0.978 bits per heavy atom. The lowest BCUT2D eigenvalue weighted by Crippen LogP contribution is -1.96. The Morgan fingerprint density at radius 1 is 0.391 bits per heavy atom. The lowest BCUT2D eigenvalue weighted by Gasteiger charge is -2.11. The van der Waals surface area contributed by atoms with Gasteiger partial charge in [0.15, 0.2) is 0 Å². The van der Waals surface area contributed by atoms with E-state index >= 15 is 0 Å². The molecule has 0 amide bonds. The van der Waals surface area contributed by atoms with Crippen molar-refractivity contribution in [2.45, 2.75) is 6.92 Å². The summed E-state index contributed by atoms with van der Waals surface area (Å²) in [6, 6.07) is -18.3. The van der Waals surface area contributed by atoms with Crippen LogP contribution in [0.2, 0.25) is 0 Å². The van der Waals surface area contributed by atoms with Gasteiger partial charge in [-0.25, -0.2) is 0 Å². The second-order valence-electron chi connectivity index (χ2n) is 10.8. The molecule has 0 aliphatic rings. The van der Waals surface area contributed by atoms with Crippen molar-refractivity contribution >= 4 is 81.7 Å². The number of hydrogen-bond acceptors (Lipinski definition) is 0. The number of benzene rings is 7. The molecule has 0 bridgehead atoms. The Labute approximate surface area is 297 Å². The van der Waals surface area contributed by atoms with Gasteiger partial charge in [-0.2, -0.15) is 0 Å². The topological polar surface area (TPSA) is 14.3 Å².